The zero-order valence-electron chi connectivity index (χ0n) is 51.5. The van der Waals surface area contributed by atoms with E-state index in [1.807, 2.05) is 46.8 Å². The third kappa shape index (κ3) is 20.2. The van der Waals surface area contributed by atoms with Gasteiger partial charge in [0.05, 0.1) is 28.4 Å². The smallest absolute Gasteiger partial charge is 0.399 e. The van der Waals surface area contributed by atoms with Crippen molar-refractivity contribution in [3.8, 4) is 11.1 Å². The third-order valence-electron chi connectivity index (χ3n) is 15.1. The van der Waals surface area contributed by atoms with Crippen LogP contribution in [0.15, 0.2) is 133 Å². The van der Waals surface area contributed by atoms with E-state index >= 15 is 0 Å². The average molecular weight is 1600 g/mol. The summed E-state index contributed by atoms with van der Waals surface area (Å²) in [5.74, 6) is -6.13. The highest BCUT2D eigenvalue weighted by molar-refractivity contribution is 9.10. The zero-order valence-corrected chi connectivity index (χ0v) is 60.2. The van der Waals surface area contributed by atoms with Gasteiger partial charge in [-0.3, -0.25) is 9.59 Å². The van der Waals surface area contributed by atoms with Crippen molar-refractivity contribution >= 4 is 148 Å². The molecule has 4 N–H and O–H groups in total. The summed E-state index contributed by atoms with van der Waals surface area (Å²) < 4.78 is 164. The van der Waals surface area contributed by atoms with E-state index in [1.165, 1.54) is 18.6 Å². The van der Waals surface area contributed by atoms with Gasteiger partial charge >= 0.3 is 7.12 Å². The molecular weight excluding hydrogens is 1540 g/mol. The summed E-state index contributed by atoms with van der Waals surface area (Å²) in [6.45, 7) is 13.3. The van der Waals surface area contributed by atoms with Crippen LogP contribution in [0.5, 0.6) is 0 Å². The van der Waals surface area contributed by atoms with Crippen molar-refractivity contribution in [1.82, 2.24) is 24.9 Å². The van der Waals surface area contributed by atoms with E-state index in [1.54, 1.807) is 38.4 Å². The first kappa shape index (κ1) is 77.0. The molecule has 1 aliphatic heterocycles. The van der Waals surface area contributed by atoms with Gasteiger partial charge in [-0.05, 0) is 194 Å². The van der Waals surface area contributed by atoms with E-state index in [-0.39, 0.29) is 56.3 Å². The van der Waals surface area contributed by atoms with Crippen LogP contribution in [0.2, 0.25) is 15.5 Å². The van der Waals surface area contributed by atoms with Crippen LogP contribution in [0.4, 0.5) is 43.7 Å². The van der Waals surface area contributed by atoms with E-state index in [0.29, 0.717) is 67.4 Å². The number of benzene rings is 3. The van der Waals surface area contributed by atoms with Crippen LogP contribution in [0.3, 0.4) is 0 Å². The normalized spacial score (nSPS) is 14.7. The number of rotatable bonds is 13. The molecule has 5 aromatic heterocycles. The molecule has 2 aliphatic carbocycles. The molecule has 96 heavy (non-hydrogen) atoms. The topological polar surface area (TPSA) is 270 Å². The molecule has 0 spiro atoms. The largest absolute Gasteiger partial charge is 0.495 e. The summed E-state index contributed by atoms with van der Waals surface area (Å²) in [6, 6.07) is 13.7. The summed E-state index contributed by atoms with van der Waals surface area (Å²) in [4.78, 5) is 42.1. The molecule has 1 saturated heterocycles. The van der Waals surface area contributed by atoms with E-state index in [9.17, 15) is 61.2 Å². The number of nitrogens with two attached hydrogens (primary N) is 1. The van der Waals surface area contributed by atoms with Crippen LogP contribution in [-0.4, -0.2) is 80.3 Å². The number of nitrogens with zero attached hydrogens (tertiary/aromatic N) is 5. The first-order chi connectivity index (χ1) is 44.7. The van der Waals surface area contributed by atoms with Crippen LogP contribution in [-0.2, 0) is 59.1 Å². The fourth-order valence-corrected chi connectivity index (χ4v) is 14.0. The van der Waals surface area contributed by atoms with Crippen LogP contribution >= 0.6 is 77.3 Å². The number of carbonyl (C=O) groups is 2. The van der Waals surface area contributed by atoms with E-state index in [4.69, 9.17) is 60.5 Å². The molecule has 2 saturated carbocycles. The maximum Gasteiger partial charge on any atom is 0.495 e. The number of aromatic nitrogens is 5. The van der Waals surface area contributed by atoms with Gasteiger partial charge in [0, 0.05) is 97.3 Å². The summed E-state index contributed by atoms with van der Waals surface area (Å²) in [5.41, 5.74) is 9.99. The van der Waals surface area contributed by atoms with Gasteiger partial charge in [-0.2, -0.15) is 0 Å². The lowest BCUT2D eigenvalue weighted by molar-refractivity contribution is -0.118. The minimum Gasteiger partial charge on any atom is -0.399 e. The van der Waals surface area contributed by atoms with Gasteiger partial charge in [-0.1, -0.05) is 34.8 Å². The summed E-state index contributed by atoms with van der Waals surface area (Å²) in [5, 5.41) is 5.97. The molecule has 11 rings (SSSR count). The van der Waals surface area contributed by atoms with Crippen LogP contribution in [0, 0.1) is 67.5 Å². The summed E-state index contributed by atoms with van der Waals surface area (Å²) in [6.07, 6.45) is 11.4. The maximum absolute atomic E-state index is 14.1. The first-order valence-electron chi connectivity index (χ1n) is 28.3. The van der Waals surface area contributed by atoms with Crippen molar-refractivity contribution in [3.63, 3.8) is 0 Å². The first-order valence-corrected chi connectivity index (χ1v) is 36.7. The van der Waals surface area contributed by atoms with Crippen molar-refractivity contribution in [2.24, 2.45) is 11.8 Å². The SMILES string of the molecule is CC1(C)OB(c2ccnc(NC(=O)C3CC3)c2)OC1(C)C.Cc1c(-c2ccnc(NC(=O)C3CC3)c2)cnc(Cl)c1CS(=O)(=O)c1ccc(F)cc1F.Cc1c(Br)cnc(Cl)c1CS(=O)(=O)c1ccc(F)cc1F.Cc1c(Br)cnc(Cl)c1N.O=S(=O)(Cl)c1ccc(F)cc1F. The summed E-state index contributed by atoms with van der Waals surface area (Å²) >= 11 is 24.2. The molecular formula is C62H57BBr2Cl4F6N8O10S3. The van der Waals surface area contributed by atoms with Gasteiger partial charge < -0.3 is 25.7 Å². The average Bonchev–Trinajstić information content (AvgIpc) is 1.33. The second kappa shape index (κ2) is 31.7. The highest BCUT2D eigenvalue weighted by Crippen LogP contribution is 2.38. The monoisotopic (exact) mass is 1590 g/mol. The minimum absolute atomic E-state index is 0.0167. The number of anilines is 3. The van der Waals surface area contributed by atoms with Gasteiger partial charge in [0.15, 0.2) is 24.8 Å². The van der Waals surface area contributed by atoms with Gasteiger partial charge in [-0.25, -0.2) is 76.5 Å². The molecule has 0 bridgehead atoms. The predicted octanol–water partition coefficient (Wildman–Crippen LogP) is 14.8. The second-order valence-electron chi connectivity index (χ2n) is 22.7. The lowest BCUT2D eigenvalue weighted by atomic mass is 9.80. The predicted molar refractivity (Wildman–Crippen MR) is 362 cm³/mol. The lowest BCUT2D eigenvalue weighted by Crippen LogP contribution is -2.41. The van der Waals surface area contributed by atoms with Crippen molar-refractivity contribution in [2.45, 2.75) is 112 Å². The number of halogens is 12. The molecule has 18 nitrogen and oxygen atoms in total. The van der Waals surface area contributed by atoms with Crippen molar-refractivity contribution in [2.75, 3.05) is 16.4 Å². The number of nitrogens with one attached hydrogen (secondary N) is 2. The van der Waals surface area contributed by atoms with Crippen molar-refractivity contribution in [1.29, 1.82) is 0 Å². The van der Waals surface area contributed by atoms with Crippen LogP contribution < -0.4 is 21.8 Å². The Morgan fingerprint density at radius 2 is 0.958 bits per heavy atom. The molecule has 8 aromatic rings. The number of amides is 2. The van der Waals surface area contributed by atoms with Crippen LogP contribution in [0.1, 0.15) is 81.2 Å². The number of pyridine rings is 5. The third-order valence-corrected chi connectivity index (χ3v) is 22.3. The molecule has 34 heteroatoms. The van der Waals surface area contributed by atoms with Gasteiger partial charge in [0.1, 0.15) is 71.5 Å². The molecule has 3 aromatic carbocycles. The number of sulfone groups is 2. The Hall–Kier alpha value is -6.32. The van der Waals surface area contributed by atoms with Gasteiger partial charge in [0.25, 0.3) is 9.05 Å². The van der Waals surface area contributed by atoms with Crippen molar-refractivity contribution < 1.29 is 70.5 Å². The van der Waals surface area contributed by atoms with Crippen molar-refractivity contribution in [3.05, 3.63) is 197 Å². The lowest BCUT2D eigenvalue weighted by Gasteiger charge is -2.32. The Kier molecular flexibility index (Phi) is 25.4. The number of nitrogen functional groups attached to an aromatic ring is 1. The minimum atomic E-state index is -4.17. The quantitative estimate of drug-likeness (QED) is 0.0318. The zero-order chi connectivity index (χ0) is 71.2. The Morgan fingerprint density at radius 3 is 1.39 bits per heavy atom. The Labute approximate surface area is 586 Å². The standard InChI is InChI=1S/C22H18ClF2N3O3S.C15H21BN2O3.C13H9BrClF2NO2S.C6H6BrClN2.C6H3ClF2O2S/c1-12-16(14-6-7-26-20(8-14)28-22(29)13-2-3-13)10-27-21(23)17(12)11-32(30,31)19-5-4-15(24)9-18(19)25;1-14(2)15(3,4)21-16(20-14)11-7-8-17-12(9-11)18-13(19)10-5-6-10;1-7-9(13(15)18-5-10(7)14)6-21(19,20)12-3-2-8(16)4-11(12)17;1-3-4(7)2-10-6(8)5(3)9;7-12(10,11)6-2-1-4(8)3-5(6)9/h4-10,13H,2-3,11H2,1H3,(H,26,28,29);7-10H,5-6H2,1-4H3,(H,17,18,19);2-5H,6H2,1H3;2H,9H2,1H3;1-3H. The Bertz CT molecular complexity index is 4610. The molecule has 0 unspecified atom stereocenters. The molecule has 2 amide bonds. The molecule has 3 aliphatic rings. The van der Waals surface area contributed by atoms with Gasteiger partial charge in [-0.15, -0.1) is 0 Å². The number of carbonyl (C=O) groups excluding carboxylic acids is 2. The summed E-state index contributed by atoms with van der Waals surface area (Å²) in [7, 11) is -7.91. The molecule has 0 atom stereocenters. The highest BCUT2D eigenvalue weighted by Gasteiger charge is 2.52. The van der Waals surface area contributed by atoms with E-state index in [2.05, 4.69) is 67.4 Å². The fourth-order valence-electron chi connectivity index (χ4n) is 8.51. The van der Waals surface area contributed by atoms with E-state index < -0.39 is 96.9 Å². The fraction of sp³-hybridized carbons (Fsp3) is 0.274. The number of hydrogen-bond acceptors (Lipinski definition) is 16. The van der Waals surface area contributed by atoms with Crippen LogP contribution in [0.25, 0.3) is 11.1 Å². The molecule has 510 valence electrons. The molecule has 0 radical (unpaired) electrons. The Morgan fingerprint density at radius 1 is 0.562 bits per heavy atom. The molecule has 3 fully saturated rings. The molecule has 6 heterocycles. The highest BCUT2D eigenvalue weighted by atomic mass is 79.9. The Balaban J connectivity index is 0.000000179. The maximum atomic E-state index is 14.1. The van der Waals surface area contributed by atoms with E-state index in [0.717, 1.165) is 77.6 Å². The van der Waals surface area contributed by atoms with Gasteiger partial charge in [0.2, 0.25) is 11.8 Å². The second-order valence-corrected chi connectivity index (χ2v) is 31.9. The number of hydrogen-bond donors (Lipinski definition) is 3.